The molecule has 11 heteroatoms. The largest absolute Gasteiger partial charge is 0.385 e. The van der Waals surface area contributed by atoms with E-state index in [4.69, 9.17) is 4.79 Å². The number of nitrogens with one attached hydrogen (secondary N) is 4. The number of carbonyl (C=O) groups excluding carboxylic acids is 2. The maximum atomic E-state index is 11.9. The maximum absolute atomic E-state index is 11.9. The summed E-state index contributed by atoms with van der Waals surface area (Å²) in [5.74, 6) is 0.322. The van der Waals surface area contributed by atoms with Gasteiger partial charge in [0.1, 0.15) is 0 Å². The number of amides is 2. The highest BCUT2D eigenvalue weighted by Gasteiger charge is 2.15. The maximum Gasteiger partial charge on any atom is 0.271 e. The van der Waals surface area contributed by atoms with Gasteiger partial charge in [0.15, 0.2) is 17.2 Å². The van der Waals surface area contributed by atoms with Crippen LogP contribution in [0.5, 0.6) is 0 Å². The standard InChI is InChI=1S/C13H16N8O.CH3NO/c1-7-9(5-17-19-7)18-11-4-8(14-2)12-16-6-10(13(22)15-3)21(12)20-11;2-1-3/h4-6,14H,1-3H3,(H,15,22)(H,17,19)(H,18,20);1H,(H2,2,3). The molecule has 0 saturated heterocycles. The van der Waals surface area contributed by atoms with Crippen LogP contribution in [0.3, 0.4) is 0 Å². The number of imidazole rings is 1. The molecule has 0 radical (unpaired) electrons. The molecule has 0 spiro atoms. The van der Waals surface area contributed by atoms with Crippen LogP contribution in [-0.4, -0.2) is 51.2 Å². The van der Waals surface area contributed by atoms with Crippen molar-refractivity contribution in [1.29, 1.82) is 0 Å². The normalized spacial score (nSPS) is 9.88. The first-order chi connectivity index (χ1) is 12.0. The molecule has 2 amide bonds. The van der Waals surface area contributed by atoms with Gasteiger partial charge in [-0.25, -0.2) is 9.50 Å². The molecular formula is C14H19N9O2. The predicted octanol–water partition coefficient (Wildman–Crippen LogP) is 0.00722. The molecule has 6 N–H and O–H groups in total. The topological polar surface area (TPSA) is 155 Å². The minimum Gasteiger partial charge on any atom is -0.385 e. The summed E-state index contributed by atoms with van der Waals surface area (Å²) < 4.78 is 1.50. The van der Waals surface area contributed by atoms with Gasteiger partial charge < -0.3 is 21.7 Å². The summed E-state index contributed by atoms with van der Waals surface area (Å²) in [5, 5.41) is 20.0. The Kier molecular flexibility index (Phi) is 5.50. The van der Waals surface area contributed by atoms with E-state index in [1.165, 1.54) is 10.7 Å². The van der Waals surface area contributed by atoms with Crippen molar-refractivity contribution in [3.8, 4) is 0 Å². The average Bonchev–Trinajstić information content (AvgIpc) is 3.21. The molecule has 25 heavy (non-hydrogen) atoms. The van der Waals surface area contributed by atoms with Crippen molar-refractivity contribution in [1.82, 2.24) is 30.1 Å². The van der Waals surface area contributed by atoms with E-state index in [1.807, 2.05) is 13.0 Å². The average molecular weight is 345 g/mol. The molecule has 0 aromatic carbocycles. The molecule has 3 aromatic heterocycles. The zero-order chi connectivity index (χ0) is 18.4. The van der Waals surface area contributed by atoms with Gasteiger partial charge >= 0.3 is 0 Å². The van der Waals surface area contributed by atoms with E-state index in [2.05, 4.69) is 42.0 Å². The fourth-order valence-electron chi connectivity index (χ4n) is 2.11. The number of nitrogens with two attached hydrogens (primary N) is 1. The number of nitrogens with zero attached hydrogens (tertiary/aromatic N) is 4. The molecule has 0 bridgehead atoms. The molecule has 0 fully saturated rings. The monoisotopic (exact) mass is 345 g/mol. The Morgan fingerprint density at radius 2 is 2.04 bits per heavy atom. The number of carbonyl (C=O) groups is 2. The predicted molar refractivity (Wildman–Crippen MR) is 92.8 cm³/mol. The lowest BCUT2D eigenvalue weighted by atomic mass is 10.3. The van der Waals surface area contributed by atoms with Gasteiger partial charge in [0.25, 0.3) is 5.91 Å². The molecule has 0 saturated carbocycles. The third-order valence-electron chi connectivity index (χ3n) is 3.29. The SMILES string of the molecule is CNC(=O)c1cnc2c(NC)cc(Nc3cn[nH]c3C)nn12.NC=O. The number of fused-ring (bicyclic) bond motifs is 1. The Balaban J connectivity index is 0.000000701. The lowest BCUT2D eigenvalue weighted by Crippen LogP contribution is -2.20. The zero-order valence-electron chi connectivity index (χ0n) is 14.0. The molecule has 0 unspecified atom stereocenters. The molecule has 11 nitrogen and oxygen atoms in total. The number of rotatable bonds is 4. The Bertz CT molecular complexity index is 884. The van der Waals surface area contributed by atoms with Gasteiger partial charge in [-0.1, -0.05) is 0 Å². The number of primary amides is 1. The highest BCUT2D eigenvalue weighted by molar-refractivity contribution is 5.93. The van der Waals surface area contributed by atoms with Crippen molar-refractivity contribution in [2.75, 3.05) is 24.7 Å². The summed E-state index contributed by atoms with van der Waals surface area (Å²) in [7, 11) is 3.36. The Hall–Kier alpha value is -3.63. The van der Waals surface area contributed by atoms with Crippen LogP contribution in [-0.2, 0) is 4.79 Å². The molecule has 0 aliphatic carbocycles. The molecule has 0 atom stereocenters. The fraction of sp³-hybridized carbons (Fsp3) is 0.214. The Morgan fingerprint density at radius 1 is 1.32 bits per heavy atom. The quantitative estimate of drug-likeness (QED) is 0.417. The van der Waals surface area contributed by atoms with Crippen LogP contribution in [0.15, 0.2) is 18.5 Å². The molecule has 3 rings (SSSR count). The number of aromatic nitrogens is 5. The van der Waals surface area contributed by atoms with E-state index in [0.717, 1.165) is 17.1 Å². The minimum atomic E-state index is -0.251. The lowest BCUT2D eigenvalue weighted by molar-refractivity contribution is -0.106. The van der Waals surface area contributed by atoms with Crippen molar-refractivity contribution in [2.24, 2.45) is 5.73 Å². The molecule has 3 heterocycles. The third kappa shape index (κ3) is 3.65. The van der Waals surface area contributed by atoms with Crippen molar-refractivity contribution in [3.05, 3.63) is 29.8 Å². The zero-order valence-corrected chi connectivity index (χ0v) is 14.0. The molecule has 0 aliphatic rings. The number of anilines is 3. The van der Waals surface area contributed by atoms with Crippen LogP contribution in [0.4, 0.5) is 17.2 Å². The van der Waals surface area contributed by atoms with E-state index in [9.17, 15) is 4.79 Å². The smallest absolute Gasteiger partial charge is 0.271 e. The summed E-state index contributed by atoms with van der Waals surface area (Å²) in [6.07, 6.45) is 3.42. The highest BCUT2D eigenvalue weighted by atomic mass is 16.2. The molecule has 3 aromatic rings. The van der Waals surface area contributed by atoms with Crippen molar-refractivity contribution in [2.45, 2.75) is 6.92 Å². The van der Waals surface area contributed by atoms with Crippen LogP contribution in [0.25, 0.3) is 5.65 Å². The first-order valence-corrected chi connectivity index (χ1v) is 7.26. The van der Waals surface area contributed by atoms with E-state index < -0.39 is 0 Å². The van der Waals surface area contributed by atoms with Crippen molar-refractivity contribution >= 4 is 35.2 Å². The van der Waals surface area contributed by atoms with Gasteiger partial charge in [-0.2, -0.15) is 5.10 Å². The number of H-pyrrole nitrogens is 1. The third-order valence-corrected chi connectivity index (χ3v) is 3.29. The second kappa shape index (κ2) is 7.77. The van der Waals surface area contributed by atoms with Gasteiger partial charge in [0, 0.05) is 20.2 Å². The first-order valence-electron chi connectivity index (χ1n) is 7.26. The van der Waals surface area contributed by atoms with Crippen molar-refractivity contribution in [3.63, 3.8) is 0 Å². The van der Waals surface area contributed by atoms with Crippen LogP contribution < -0.4 is 21.7 Å². The Morgan fingerprint density at radius 3 is 2.60 bits per heavy atom. The summed E-state index contributed by atoms with van der Waals surface area (Å²) in [5.41, 5.74) is 7.58. The Labute approximate surface area is 143 Å². The van der Waals surface area contributed by atoms with E-state index in [1.54, 1.807) is 20.3 Å². The fourth-order valence-corrected chi connectivity index (χ4v) is 2.11. The highest BCUT2D eigenvalue weighted by Crippen LogP contribution is 2.23. The van der Waals surface area contributed by atoms with E-state index in [-0.39, 0.29) is 12.3 Å². The summed E-state index contributed by atoms with van der Waals surface area (Å²) in [4.78, 5) is 24.7. The summed E-state index contributed by atoms with van der Waals surface area (Å²) in [6, 6.07) is 1.82. The van der Waals surface area contributed by atoms with E-state index >= 15 is 0 Å². The van der Waals surface area contributed by atoms with Crippen LogP contribution >= 0.6 is 0 Å². The second-order valence-electron chi connectivity index (χ2n) is 4.82. The minimum absolute atomic E-state index is 0.250. The van der Waals surface area contributed by atoms with Crippen LogP contribution in [0, 0.1) is 6.92 Å². The van der Waals surface area contributed by atoms with Crippen LogP contribution in [0.1, 0.15) is 16.2 Å². The van der Waals surface area contributed by atoms with Crippen molar-refractivity contribution < 1.29 is 9.59 Å². The number of aromatic amines is 1. The summed E-state index contributed by atoms with van der Waals surface area (Å²) >= 11 is 0. The molecule has 0 aliphatic heterocycles. The van der Waals surface area contributed by atoms with Gasteiger partial charge in [0.2, 0.25) is 6.41 Å². The van der Waals surface area contributed by atoms with Gasteiger partial charge in [-0.05, 0) is 6.92 Å². The number of hydrogen-bond acceptors (Lipinski definition) is 7. The first kappa shape index (κ1) is 17.7. The lowest BCUT2D eigenvalue weighted by Gasteiger charge is -2.09. The summed E-state index contributed by atoms with van der Waals surface area (Å²) in [6.45, 7) is 1.90. The second-order valence-corrected chi connectivity index (χ2v) is 4.82. The van der Waals surface area contributed by atoms with Crippen LogP contribution in [0.2, 0.25) is 0 Å². The van der Waals surface area contributed by atoms with Gasteiger partial charge in [0.05, 0.1) is 29.5 Å². The number of aryl methyl sites for hydroxylation is 1. The van der Waals surface area contributed by atoms with Gasteiger partial charge in [-0.3, -0.25) is 14.7 Å². The molecular weight excluding hydrogens is 326 g/mol. The van der Waals surface area contributed by atoms with Gasteiger partial charge in [-0.15, -0.1) is 5.10 Å². The molecule has 132 valence electrons. The number of hydrogen-bond donors (Lipinski definition) is 5. The van der Waals surface area contributed by atoms with E-state index in [0.29, 0.717) is 17.2 Å².